The van der Waals surface area contributed by atoms with Gasteiger partial charge >= 0.3 is 12.0 Å². The van der Waals surface area contributed by atoms with E-state index in [9.17, 15) is 19.2 Å². The lowest BCUT2D eigenvalue weighted by Crippen LogP contribution is -2.50. The van der Waals surface area contributed by atoms with E-state index >= 15 is 0 Å². The average Bonchev–Trinajstić information content (AvgIpc) is 2.59. The third-order valence-electron chi connectivity index (χ3n) is 3.16. The topological polar surface area (TPSA) is 137 Å². The quantitative estimate of drug-likeness (QED) is 0.431. The number of aliphatic carboxylic acids is 1. The van der Waals surface area contributed by atoms with Gasteiger partial charge in [0.25, 0.3) is 0 Å². The first kappa shape index (κ1) is 21.2. The average molecular weight is 385 g/mol. The Bertz CT molecular complexity index is 651. The van der Waals surface area contributed by atoms with Gasteiger partial charge in [0.1, 0.15) is 12.6 Å². The fourth-order valence-corrected chi connectivity index (χ4v) is 2.07. The Morgan fingerprint density at radius 3 is 2.31 bits per heavy atom. The molecular formula is C16H21ClN4O5. The van der Waals surface area contributed by atoms with E-state index in [4.69, 9.17) is 16.7 Å². The van der Waals surface area contributed by atoms with E-state index in [1.54, 1.807) is 24.3 Å². The summed E-state index contributed by atoms with van der Waals surface area (Å²) in [5.41, 5.74) is 0.510. The number of halogens is 1. The second-order valence-corrected chi connectivity index (χ2v) is 5.77. The molecule has 0 saturated carbocycles. The van der Waals surface area contributed by atoms with Crippen molar-refractivity contribution < 1.29 is 24.3 Å². The van der Waals surface area contributed by atoms with Crippen molar-refractivity contribution in [2.75, 3.05) is 18.4 Å². The van der Waals surface area contributed by atoms with Crippen LogP contribution in [0.3, 0.4) is 0 Å². The highest BCUT2D eigenvalue weighted by atomic mass is 35.5. The molecule has 1 aromatic rings. The van der Waals surface area contributed by atoms with Crippen molar-refractivity contribution in [3.8, 4) is 0 Å². The minimum atomic E-state index is -1.19. The van der Waals surface area contributed by atoms with Crippen LogP contribution in [-0.2, 0) is 14.4 Å². The van der Waals surface area contributed by atoms with Crippen molar-refractivity contribution in [3.05, 3.63) is 29.3 Å². The number of carboxylic acid groups (broad SMARTS) is 1. The zero-order valence-electron chi connectivity index (χ0n) is 14.2. The molecule has 26 heavy (non-hydrogen) atoms. The molecule has 0 spiro atoms. The van der Waals surface area contributed by atoms with E-state index in [1.807, 2.05) is 6.92 Å². The van der Waals surface area contributed by atoms with Crippen LogP contribution in [0.5, 0.6) is 0 Å². The number of carbonyl (C=O) groups excluding carboxylic acids is 3. The standard InChI is InChI=1S/C16H21ClN4O5/c1-2-3-12(15(25)19-8-13(22)18-9-14(23)24)21-16(26)20-11-6-4-10(17)5-7-11/h4-7,12H,2-3,8-9H2,1H3,(H,18,22)(H,19,25)(H,23,24)(H2,20,21,26)/t12-/m0/s1. The number of amides is 4. The molecule has 0 fully saturated rings. The molecule has 0 unspecified atom stereocenters. The largest absolute Gasteiger partial charge is 0.480 e. The highest BCUT2D eigenvalue weighted by molar-refractivity contribution is 6.30. The monoisotopic (exact) mass is 384 g/mol. The van der Waals surface area contributed by atoms with Crippen LogP contribution in [0.25, 0.3) is 0 Å². The van der Waals surface area contributed by atoms with Gasteiger partial charge in [0.2, 0.25) is 11.8 Å². The van der Waals surface area contributed by atoms with Crippen molar-refractivity contribution in [1.82, 2.24) is 16.0 Å². The van der Waals surface area contributed by atoms with Gasteiger partial charge in [-0.2, -0.15) is 0 Å². The van der Waals surface area contributed by atoms with Crippen LogP contribution in [0.2, 0.25) is 5.02 Å². The fraction of sp³-hybridized carbons (Fsp3) is 0.375. The molecule has 0 bridgehead atoms. The lowest BCUT2D eigenvalue weighted by Gasteiger charge is -2.18. The first-order valence-electron chi connectivity index (χ1n) is 7.91. The number of carboxylic acids is 1. The molecule has 0 saturated heterocycles. The molecule has 0 aromatic heterocycles. The number of nitrogens with one attached hydrogen (secondary N) is 4. The van der Waals surface area contributed by atoms with Gasteiger partial charge in [-0.3, -0.25) is 14.4 Å². The first-order valence-corrected chi connectivity index (χ1v) is 8.29. The second-order valence-electron chi connectivity index (χ2n) is 5.33. The van der Waals surface area contributed by atoms with Gasteiger partial charge in [0.15, 0.2) is 0 Å². The van der Waals surface area contributed by atoms with E-state index < -0.39 is 36.4 Å². The summed E-state index contributed by atoms with van der Waals surface area (Å²) >= 11 is 5.77. The Balaban J connectivity index is 2.51. The van der Waals surface area contributed by atoms with E-state index in [0.29, 0.717) is 23.6 Å². The Hall–Kier alpha value is -2.81. The van der Waals surface area contributed by atoms with Crippen LogP contribution in [0.15, 0.2) is 24.3 Å². The van der Waals surface area contributed by atoms with Crippen LogP contribution < -0.4 is 21.3 Å². The summed E-state index contributed by atoms with van der Waals surface area (Å²) in [6.07, 6.45) is 1.00. The number of urea groups is 1. The van der Waals surface area contributed by atoms with E-state index in [1.165, 1.54) is 0 Å². The molecule has 9 nitrogen and oxygen atoms in total. The Morgan fingerprint density at radius 2 is 1.73 bits per heavy atom. The smallest absolute Gasteiger partial charge is 0.322 e. The van der Waals surface area contributed by atoms with Gasteiger partial charge in [0, 0.05) is 10.7 Å². The van der Waals surface area contributed by atoms with Gasteiger partial charge in [-0.15, -0.1) is 0 Å². The Morgan fingerprint density at radius 1 is 1.08 bits per heavy atom. The SMILES string of the molecule is CCC[C@H](NC(=O)Nc1ccc(Cl)cc1)C(=O)NCC(=O)NCC(=O)O. The summed E-state index contributed by atoms with van der Waals surface area (Å²) in [6.45, 7) is 0.931. The molecule has 0 radical (unpaired) electrons. The molecule has 4 amide bonds. The van der Waals surface area contributed by atoms with Gasteiger partial charge < -0.3 is 26.4 Å². The van der Waals surface area contributed by atoms with Crippen molar-refractivity contribution in [2.45, 2.75) is 25.8 Å². The van der Waals surface area contributed by atoms with Crippen LogP contribution in [0.4, 0.5) is 10.5 Å². The maximum Gasteiger partial charge on any atom is 0.322 e. The van der Waals surface area contributed by atoms with Crippen molar-refractivity contribution in [3.63, 3.8) is 0 Å². The third kappa shape index (κ3) is 8.34. The normalized spacial score (nSPS) is 11.2. The highest BCUT2D eigenvalue weighted by Crippen LogP contribution is 2.13. The lowest BCUT2D eigenvalue weighted by atomic mass is 10.1. The Kier molecular flexibility index (Phi) is 8.93. The van der Waals surface area contributed by atoms with Crippen LogP contribution in [0.1, 0.15) is 19.8 Å². The molecular weight excluding hydrogens is 364 g/mol. The second kappa shape index (κ2) is 10.9. The minimum Gasteiger partial charge on any atom is -0.480 e. The predicted octanol–water partition coefficient (Wildman–Crippen LogP) is 0.947. The van der Waals surface area contributed by atoms with E-state index in [-0.39, 0.29) is 6.54 Å². The molecule has 0 heterocycles. The summed E-state index contributed by atoms with van der Waals surface area (Å²) in [5, 5.41) is 18.6. The summed E-state index contributed by atoms with van der Waals surface area (Å²) in [7, 11) is 0. The zero-order chi connectivity index (χ0) is 19.5. The molecule has 1 rings (SSSR count). The zero-order valence-corrected chi connectivity index (χ0v) is 14.9. The lowest BCUT2D eigenvalue weighted by molar-refractivity contribution is -0.137. The molecule has 142 valence electrons. The first-order chi connectivity index (χ1) is 12.3. The highest BCUT2D eigenvalue weighted by Gasteiger charge is 2.20. The van der Waals surface area contributed by atoms with Gasteiger partial charge in [0.05, 0.1) is 6.54 Å². The number of anilines is 1. The number of rotatable bonds is 9. The number of hydrogen-bond acceptors (Lipinski definition) is 4. The Labute approximate surface area is 155 Å². The van der Waals surface area contributed by atoms with E-state index in [0.717, 1.165) is 0 Å². The van der Waals surface area contributed by atoms with Crippen LogP contribution in [-0.4, -0.2) is 48.1 Å². The number of benzene rings is 1. The number of hydrogen-bond donors (Lipinski definition) is 5. The summed E-state index contributed by atoms with van der Waals surface area (Å²) in [6, 6.07) is 5.05. The summed E-state index contributed by atoms with van der Waals surface area (Å²) in [4.78, 5) is 45.9. The molecule has 0 aliphatic heterocycles. The molecule has 0 aliphatic rings. The van der Waals surface area contributed by atoms with Gasteiger partial charge in [-0.1, -0.05) is 24.9 Å². The van der Waals surface area contributed by atoms with Gasteiger partial charge in [-0.25, -0.2) is 4.79 Å². The molecule has 1 aromatic carbocycles. The van der Waals surface area contributed by atoms with Crippen LogP contribution in [0, 0.1) is 0 Å². The third-order valence-corrected chi connectivity index (χ3v) is 3.41. The maximum atomic E-state index is 12.1. The summed E-state index contributed by atoms with van der Waals surface area (Å²) in [5.74, 6) is -2.36. The number of carbonyl (C=O) groups is 4. The molecule has 5 N–H and O–H groups in total. The minimum absolute atomic E-state index is 0.372. The van der Waals surface area contributed by atoms with Crippen molar-refractivity contribution in [1.29, 1.82) is 0 Å². The van der Waals surface area contributed by atoms with Gasteiger partial charge in [-0.05, 0) is 30.7 Å². The van der Waals surface area contributed by atoms with Crippen molar-refractivity contribution in [2.24, 2.45) is 0 Å². The van der Waals surface area contributed by atoms with Crippen LogP contribution >= 0.6 is 11.6 Å². The molecule has 10 heteroatoms. The fourth-order valence-electron chi connectivity index (χ4n) is 1.94. The summed E-state index contributed by atoms with van der Waals surface area (Å²) < 4.78 is 0. The molecule has 0 aliphatic carbocycles. The van der Waals surface area contributed by atoms with Crippen molar-refractivity contribution >= 4 is 41.1 Å². The maximum absolute atomic E-state index is 12.1. The predicted molar refractivity (Wildman–Crippen MR) is 96.0 cm³/mol. The molecule has 1 atom stereocenters. The van der Waals surface area contributed by atoms with E-state index in [2.05, 4.69) is 21.3 Å².